The fraction of sp³-hybridized carbons (Fsp3) is 0.333. The number of hydrogen-bond acceptors (Lipinski definition) is 7. The lowest BCUT2D eigenvalue weighted by atomic mass is 10.2. The van der Waals surface area contributed by atoms with Crippen LogP contribution in [0.4, 0.5) is 16.3 Å². The third kappa shape index (κ3) is 5.98. The number of anilines is 2. The average molecular weight is 506 g/mol. The van der Waals surface area contributed by atoms with Gasteiger partial charge in [0.05, 0.1) is 6.61 Å². The first-order valence-electron chi connectivity index (χ1n) is 12.3. The highest BCUT2D eigenvalue weighted by Crippen LogP contribution is 2.31. The Labute approximate surface area is 215 Å². The van der Waals surface area contributed by atoms with E-state index in [4.69, 9.17) is 9.47 Å². The molecule has 0 saturated carbocycles. The molecule has 3 heterocycles. The number of piperazine rings is 1. The maximum Gasteiger partial charge on any atom is 0.418 e. The summed E-state index contributed by atoms with van der Waals surface area (Å²) >= 11 is 1.81. The number of fused-ring (bicyclic) bond motifs is 1. The number of nitrogens with one attached hydrogen (secondary N) is 1. The van der Waals surface area contributed by atoms with E-state index in [-0.39, 0.29) is 0 Å². The molecule has 1 saturated heterocycles. The van der Waals surface area contributed by atoms with Crippen molar-refractivity contribution in [3.8, 4) is 11.6 Å². The van der Waals surface area contributed by atoms with Crippen LogP contribution >= 0.6 is 11.3 Å². The highest BCUT2D eigenvalue weighted by atomic mass is 32.1. The van der Waals surface area contributed by atoms with Crippen molar-refractivity contribution in [2.24, 2.45) is 7.05 Å². The molecule has 1 N–H and O–H groups in total. The van der Waals surface area contributed by atoms with Crippen LogP contribution in [0.15, 0.2) is 66.0 Å². The number of nitrogens with zero attached hydrogens (tertiary/aromatic N) is 4. The van der Waals surface area contributed by atoms with Crippen LogP contribution in [0.25, 0.3) is 10.1 Å². The normalized spacial score (nSPS) is 14.2. The van der Waals surface area contributed by atoms with Crippen LogP contribution in [-0.4, -0.2) is 60.1 Å². The number of hydrogen-bond donors (Lipinski definition) is 1. The Balaban J connectivity index is 1.00. The van der Waals surface area contributed by atoms with Gasteiger partial charge in [-0.3, -0.25) is 10.2 Å². The summed E-state index contributed by atoms with van der Waals surface area (Å²) in [6.07, 6.45) is 1.45. The molecule has 188 valence electrons. The molecule has 1 fully saturated rings. The zero-order valence-electron chi connectivity index (χ0n) is 20.4. The predicted molar refractivity (Wildman–Crippen MR) is 145 cm³/mol. The smallest absolute Gasteiger partial charge is 0.418 e. The first-order valence-corrected chi connectivity index (χ1v) is 13.2. The highest BCUT2D eigenvalue weighted by molar-refractivity contribution is 7.17. The number of thiophene rings is 1. The van der Waals surface area contributed by atoms with E-state index in [9.17, 15) is 4.79 Å². The molecule has 2 aromatic carbocycles. The van der Waals surface area contributed by atoms with E-state index in [0.717, 1.165) is 45.6 Å². The lowest BCUT2D eigenvalue weighted by Gasteiger charge is -2.36. The van der Waals surface area contributed by atoms with Crippen LogP contribution in [-0.2, 0) is 7.05 Å². The number of aryl methyl sites for hydroxylation is 1. The Kier molecular flexibility index (Phi) is 7.68. The zero-order chi connectivity index (χ0) is 24.7. The zero-order valence-corrected chi connectivity index (χ0v) is 21.2. The van der Waals surface area contributed by atoms with Crippen molar-refractivity contribution in [1.29, 1.82) is 0 Å². The van der Waals surface area contributed by atoms with Gasteiger partial charge in [-0.2, -0.15) is 5.10 Å². The molecule has 1 aliphatic heterocycles. The van der Waals surface area contributed by atoms with Crippen molar-refractivity contribution >= 4 is 39.0 Å². The molecule has 0 bridgehead atoms. The second-order valence-electron chi connectivity index (χ2n) is 8.81. The Morgan fingerprint density at radius 1 is 1.03 bits per heavy atom. The second kappa shape index (κ2) is 11.5. The Morgan fingerprint density at radius 3 is 2.69 bits per heavy atom. The van der Waals surface area contributed by atoms with Crippen LogP contribution in [0.3, 0.4) is 0 Å². The third-order valence-corrected chi connectivity index (χ3v) is 7.21. The largest absolute Gasteiger partial charge is 0.478 e. The fourth-order valence-corrected chi connectivity index (χ4v) is 5.26. The number of carbonyl (C=O) groups is 1. The summed E-state index contributed by atoms with van der Waals surface area (Å²) in [4.78, 5) is 17.1. The van der Waals surface area contributed by atoms with E-state index >= 15 is 0 Å². The van der Waals surface area contributed by atoms with E-state index in [2.05, 4.69) is 49.9 Å². The SMILES string of the molecule is Cn1nc(NC(=O)Oc2ccccc2)cc1OCCCCN1CCN(c2cccc3sccc23)CC1. The van der Waals surface area contributed by atoms with E-state index in [1.54, 1.807) is 41.3 Å². The van der Waals surface area contributed by atoms with Gasteiger partial charge >= 0.3 is 6.09 Å². The standard InChI is InChI=1S/C27H31N5O3S/c1-30-26(20-25(29-30)28-27(33)35-21-8-3-2-4-9-21)34-18-6-5-13-31-14-16-32(17-15-31)23-10-7-11-24-22(23)12-19-36-24/h2-4,7-12,19-20H,5-6,13-18H2,1H3,(H,28,29,33). The van der Waals surface area contributed by atoms with Crippen LogP contribution in [0.2, 0.25) is 0 Å². The Hall–Kier alpha value is -3.56. The number of para-hydroxylation sites is 1. The number of ether oxygens (including phenoxy) is 2. The minimum atomic E-state index is -0.585. The Morgan fingerprint density at radius 2 is 1.86 bits per heavy atom. The summed E-state index contributed by atoms with van der Waals surface area (Å²) in [5.74, 6) is 1.48. The minimum Gasteiger partial charge on any atom is -0.478 e. The van der Waals surface area contributed by atoms with E-state index < -0.39 is 6.09 Å². The Bertz CT molecular complexity index is 1280. The summed E-state index contributed by atoms with van der Waals surface area (Å²) < 4.78 is 14.1. The van der Waals surface area contributed by atoms with Crippen molar-refractivity contribution in [1.82, 2.24) is 14.7 Å². The predicted octanol–water partition coefficient (Wildman–Crippen LogP) is 5.23. The van der Waals surface area contributed by atoms with Gasteiger partial charge in [0.2, 0.25) is 5.88 Å². The molecular formula is C27H31N5O3S. The summed E-state index contributed by atoms with van der Waals surface area (Å²) in [7, 11) is 1.79. The van der Waals surface area contributed by atoms with Crippen molar-refractivity contribution in [3.63, 3.8) is 0 Å². The van der Waals surface area contributed by atoms with Gasteiger partial charge in [-0.25, -0.2) is 9.48 Å². The molecule has 0 spiro atoms. The molecular weight excluding hydrogens is 474 g/mol. The van der Waals surface area contributed by atoms with E-state index in [0.29, 0.717) is 24.1 Å². The molecule has 0 aliphatic carbocycles. The number of rotatable bonds is 9. The molecule has 4 aromatic rings. The van der Waals surface area contributed by atoms with Gasteiger partial charge in [0, 0.05) is 55.1 Å². The van der Waals surface area contributed by atoms with Gasteiger partial charge in [-0.05, 0) is 55.1 Å². The maximum atomic E-state index is 12.1. The van der Waals surface area contributed by atoms with Gasteiger partial charge in [-0.15, -0.1) is 11.3 Å². The average Bonchev–Trinajstić information content (AvgIpc) is 3.51. The number of unbranched alkanes of at least 4 members (excludes halogenated alkanes) is 1. The van der Waals surface area contributed by atoms with Crippen molar-refractivity contribution in [2.45, 2.75) is 12.8 Å². The quantitative estimate of drug-likeness (QED) is 0.314. The van der Waals surface area contributed by atoms with Gasteiger partial charge in [0.25, 0.3) is 0 Å². The molecule has 36 heavy (non-hydrogen) atoms. The monoisotopic (exact) mass is 505 g/mol. The van der Waals surface area contributed by atoms with Gasteiger partial charge < -0.3 is 14.4 Å². The van der Waals surface area contributed by atoms with Gasteiger partial charge in [0.1, 0.15) is 5.75 Å². The van der Waals surface area contributed by atoms with E-state index in [1.165, 1.54) is 15.8 Å². The van der Waals surface area contributed by atoms with Crippen LogP contribution in [0, 0.1) is 0 Å². The van der Waals surface area contributed by atoms with Crippen molar-refractivity contribution in [2.75, 3.05) is 49.5 Å². The first kappa shape index (κ1) is 24.1. The molecule has 2 aromatic heterocycles. The summed E-state index contributed by atoms with van der Waals surface area (Å²) in [5, 5.41) is 10.5. The molecule has 1 amide bonds. The lowest BCUT2D eigenvalue weighted by Crippen LogP contribution is -2.46. The summed E-state index contributed by atoms with van der Waals surface area (Å²) in [5.41, 5.74) is 1.36. The number of amides is 1. The van der Waals surface area contributed by atoms with Crippen molar-refractivity contribution < 1.29 is 14.3 Å². The number of carbonyl (C=O) groups excluding carboxylic acids is 1. The molecule has 8 nitrogen and oxygen atoms in total. The molecule has 0 unspecified atom stereocenters. The summed E-state index contributed by atoms with van der Waals surface area (Å²) in [6, 6.07) is 19.5. The van der Waals surface area contributed by atoms with E-state index in [1.807, 2.05) is 18.2 Å². The van der Waals surface area contributed by atoms with Crippen LogP contribution in [0.5, 0.6) is 11.6 Å². The maximum absolute atomic E-state index is 12.1. The van der Waals surface area contributed by atoms with Gasteiger partial charge in [0.15, 0.2) is 5.82 Å². The molecule has 0 radical (unpaired) electrons. The van der Waals surface area contributed by atoms with Gasteiger partial charge in [-0.1, -0.05) is 24.3 Å². The summed E-state index contributed by atoms with van der Waals surface area (Å²) in [6.45, 7) is 5.96. The lowest BCUT2D eigenvalue weighted by molar-refractivity contribution is 0.215. The molecule has 1 aliphatic rings. The van der Waals surface area contributed by atoms with Crippen LogP contribution in [0.1, 0.15) is 12.8 Å². The molecule has 9 heteroatoms. The van der Waals surface area contributed by atoms with Crippen LogP contribution < -0.4 is 19.7 Å². The fourth-order valence-electron chi connectivity index (χ4n) is 4.45. The topological polar surface area (TPSA) is 71.9 Å². The molecule has 5 rings (SSSR count). The first-order chi connectivity index (χ1) is 17.7. The van der Waals surface area contributed by atoms with Crippen molar-refractivity contribution in [3.05, 3.63) is 66.0 Å². The number of benzene rings is 2. The molecule has 0 atom stereocenters. The minimum absolute atomic E-state index is 0.393. The third-order valence-electron chi connectivity index (χ3n) is 6.33. The number of aromatic nitrogens is 2. The highest BCUT2D eigenvalue weighted by Gasteiger charge is 2.18. The second-order valence-corrected chi connectivity index (χ2v) is 9.76.